The van der Waals surface area contributed by atoms with Crippen LogP contribution >= 0.6 is 0 Å². The van der Waals surface area contributed by atoms with Crippen molar-refractivity contribution in [3.8, 4) is 11.4 Å². The summed E-state index contributed by atoms with van der Waals surface area (Å²) in [5.41, 5.74) is 2.37. The monoisotopic (exact) mass is 729 g/mol. The molecule has 0 bridgehead atoms. The van der Waals surface area contributed by atoms with Gasteiger partial charge in [-0.1, -0.05) is 80.6 Å². The van der Waals surface area contributed by atoms with Crippen LogP contribution in [0.5, 0.6) is 0 Å². The number of rotatable bonds is 8. The van der Waals surface area contributed by atoms with Crippen LogP contribution in [0.25, 0.3) is 11.4 Å². The summed E-state index contributed by atoms with van der Waals surface area (Å²) >= 11 is 0. The van der Waals surface area contributed by atoms with E-state index in [4.69, 9.17) is 0 Å². The summed E-state index contributed by atoms with van der Waals surface area (Å²) in [6, 6.07) is 28.3. The fraction of sp³-hybridized carbons (Fsp3) is 0.0857. The first kappa shape index (κ1) is 40.0. The number of aryl methyl sites for hydroxylation is 3. The molecule has 2 aromatic heterocycles. The van der Waals surface area contributed by atoms with E-state index in [2.05, 4.69) is 30.7 Å². The van der Waals surface area contributed by atoms with Crippen LogP contribution in [0.4, 0.5) is 22.7 Å². The Morgan fingerprint density at radius 2 is 0.980 bits per heavy atom. The Morgan fingerprint density at radius 3 is 1.43 bits per heavy atom. The molecular weight excluding hydrogens is 703 g/mol. The molecule has 0 aliphatic carbocycles. The molecule has 249 valence electrons. The van der Waals surface area contributed by atoms with Crippen molar-refractivity contribution in [2.45, 2.75) is 20.8 Å². The quantitative estimate of drug-likeness (QED) is 0.164. The topological polar surface area (TPSA) is 202 Å². The van der Waals surface area contributed by atoms with Gasteiger partial charge in [0.25, 0.3) is 11.1 Å². The molecule has 0 N–H and O–H groups in total. The summed E-state index contributed by atoms with van der Waals surface area (Å²) in [7, 11) is 0. The van der Waals surface area contributed by atoms with Gasteiger partial charge in [-0.2, -0.15) is 0 Å². The molecule has 4 aromatic carbocycles. The number of carbonyl (C=O) groups is 2. The second-order valence-electron chi connectivity index (χ2n) is 10.5. The predicted octanol–water partition coefficient (Wildman–Crippen LogP) is 1.07. The SMILES string of the molecule is Cc1[n-]n(-c2ccccc2)c(=O)c1N=Nc1ccccc1C(=O)[O-].Cc1cccc(-n2[n-]c(C)c(N=Nc3ccccc3C(=O)[O-])c2=O)c1.[Cr+3].[Na+]. The molecule has 6 aromatic rings. The van der Waals surface area contributed by atoms with Gasteiger partial charge in [-0.25, -0.2) is 0 Å². The van der Waals surface area contributed by atoms with Crippen molar-refractivity contribution in [1.82, 2.24) is 19.6 Å². The summed E-state index contributed by atoms with van der Waals surface area (Å²) in [6.07, 6.45) is 0. The van der Waals surface area contributed by atoms with Crippen LogP contribution in [-0.2, 0) is 17.4 Å². The molecule has 51 heavy (non-hydrogen) atoms. The minimum Gasteiger partial charge on any atom is -0.589 e. The molecule has 0 amide bonds. The maximum atomic E-state index is 12.6. The zero-order valence-electron chi connectivity index (χ0n) is 27.8. The molecule has 0 aliphatic rings. The van der Waals surface area contributed by atoms with Gasteiger partial charge in [0.05, 0.1) is 23.3 Å². The fourth-order valence-corrected chi connectivity index (χ4v) is 4.58. The summed E-state index contributed by atoms with van der Waals surface area (Å²) in [5.74, 6) is -2.72. The van der Waals surface area contributed by atoms with Crippen LogP contribution in [0, 0.1) is 20.8 Å². The fourth-order valence-electron chi connectivity index (χ4n) is 4.58. The number of azo groups is 2. The van der Waals surface area contributed by atoms with E-state index in [1.165, 1.54) is 33.6 Å². The van der Waals surface area contributed by atoms with E-state index < -0.39 is 23.1 Å². The molecule has 0 saturated heterocycles. The molecule has 14 nitrogen and oxygen atoms in total. The molecule has 0 aliphatic heterocycles. The molecule has 2 heterocycles. The Bertz CT molecular complexity index is 2340. The van der Waals surface area contributed by atoms with Gasteiger partial charge in [-0.15, -0.1) is 31.8 Å². The van der Waals surface area contributed by atoms with Crippen molar-refractivity contribution in [2.75, 3.05) is 0 Å². The minimum atomic E-state index is -1.36. The first-order valence-corrected chi connectivity index (χ1v) is 14.6. The van der Waals surface area contributed by atoms with Gasteiger partial charge in [-0.3, -0.25) is 9.59 Å². The number of carbonyl (C=O) groups excluding carboxylic acids is 2. The Morgan fingerprint density at radius 1 is 0.569 bits per heavy atom. The first-order valence-electron chi connectivity index (χ1n) is 14.6. The average molecular weight is 730 g/mol. The number of aromatic nitrogens is 4. The van der Waals surface area contributed by atoms with E-state index in [0.29, 0.717) is 22.8 Å². The molecule has 0 atom stereocenters. The zero-order chi connectivity index (χ0) is 35.1. The molecule has 1 radical (unpaired) electrons. The van der Waals surface area contributed by atoms with Gasteiger partial charge < -0.3 is 39.4 Å². The molecule has 16 heteroatoms. The molecule has 0 unspecified atom stereocenters. The Kier molecular flexibility index (Phi) is 14.1. The molecular formula is C35H26CrN8NaO6. The number of carboxylic acid groups (broad SMARTS) is 2. The second-order valence-corrected chi connectivity index (χ2v) is 10.5. The van der Waals surface area contributed by atoms with Crippen molar-refractivity contribution in [3.05, 3.63) is 152 Å². The van der Waals surface area contributed by atoms with Crippen molar-refractivity contribution >= 4 is 34.7 Å². The number of nitrogens with zero attached hydrogens (tertiary/aromatic N) is 8. The van der Waals surface area contributed by atoms with Crippen LogP contribution in [0.15, 0.2) is 133 Å². The molecule has 0 spiro atoms. The van der Waals surface area contributed by atoms with E-state index in [0.717, 1.165) is 5.56 Å². The third-order valence-electron chi connectivity index (χ3n) is 6.99. The smallest absolute Gasteiger partial charge is 0.589 e. The maximum Gasteiger partial charge on any atom is 3.00 e. The Balaban J connectivity index is 0.000000265. The summed E-state index contributed by atoms with van der Waals surface area (Å²) in [4.78, 5) is 47.2. The summed E-state index contributed by atoms with van der Waals surface area (Å²) in [6.45, 7) is 5.20. The number of hydrogen-bond acceptors (Lipinski definition) is 10. The number of aromatic carboxylic acids is 2. The van der Waals surface area contributed by atoms with Crippen molar-refractivity contribution in [3.63, 3.8) is 0 Å². The van der Waals surface area contributed by atoms with E-state index in [1.807, 2.05) is 31.2 Å². The van der Waals surface area contributed by atoms with Gasteiger partial charge in [0.2, 0.25) is 0 Å². The first-order chi connectivity index (χ1) is 23.5. The van der Waals surface area contributed by atoms with E-state index in [9.17, 15) is 29.4 Å². The van der Waals surface area contributed by atoms with Gasteiger partial charge >= 0.3 is 46.9 Å². The van der Waals surface area contributed by atoms with E-state index in [1.54, 1.807) is 68.4 Å². The number of carboxylic acids is 2. The predicted molar refractivity (Wildman–Crippen MR) is 175 cm³/mol. The average Bonchev–Trinajstić information content (AvgIpc) is 3.55. The number of hydrogen-bond donors (Lipinski definition) is 0. The minimum absolute atomic E-state index is 0. The van der Waals surface area contributed by atoms with E-state index >= 15 is 0 Å². The van der Waals surface area contributed by atoms with Crippen LogP contribution < -0.4 is 61.1 Å². The van der Waals surface area contributed by atoms with Crippen LogP contribution in [-0.4, -0.2) is 21.3 Å². The maximum absolute atomic E-state index is 12.6. The molecule has 0 fully saturated rings. The third kappa shape index (κ3) is 9.43. The van der Waals surface area contributed by atoms with Gasteiger partial charge in [0, 0.05) is 22.5 Å². The van der Waals surface area contributed by atoms with Gasteiger partial charge in [-0.05, 0) is 48.9 Å². The third-order valence-corrected chi connectivity index (χ3v) is 6.99. The number of benzene rings is 4. The summed E-state index contributed by atoms with van der Waals surface area (Å²) < 4.78 is 2.48. The van der Waals surface area contributed by atoms with Crippen molar-refractivity contribution in [1.29, 1.82) is 0 Å². The summed E-state index contributed by atoms with van der Waals surface area (Å²) in [5, 5.41) is 46.1. The largest absolute Gasteiger partial charge is 3.00 e. The normalized spacial score (nSPS) is 10.6. The van der Waals surface area contributed by atoms with Gasteiger partial charge in [0.15, 0.2) is 0 Å². The van der Waals surface area contributed by atoms with Crippen LogP contribution in [0.2, 0.25) is 0 Å². The number of para-hydroxylation sites is 1. The van der Waals surface area contributed by atoms with Crippen LogP contribution in [0.3, 0.4) is 0 Å². The zero-order valence-corrected chi connectivity index (χ0v) is 31.0. The van der Waals surface area contributed by atoms with Crippen molar-refractivity contribution < 1.29 is 66.7 Å². The second kappa shape index (κ2) is 18.0. The van der Waals surface area contributed by atoms with Crippen molar-refractivity contribution in [2.24, 2.45) is 20.5 Å². The van der Waals surface area contributed by atoms with E-state index in [-0.39, 0.29) is 80.8 Å². The van der Waals surface area contributed by atoms with Gasteiger partial charge in [0.1, 0.15) is 11.4 Å². The molecule has 6 rings (SSSR count). The Hall–Kier alpha value is -5.43. The standard InChI is InChI=1S/C18H16N4O3.C17H14N4O3.Cr.Na/c1-11-6-5-7-13(10-11)22-17(23)16(12(2)21-22)20-19-15-9-4-3-8-14(15)18(24)25;1-11-15(16(22)21(20-11)12-7-3-2-4-8-12)19-18-14-10-6-5-9-13(14)17(23)24;;/h3-10H,1-2H3,(H2,19,21,23,24,25);2-10H,1H3,(H2,18,20,22,23,24);;/q;;+3;+1/p-4. The Labute approximate surface area is 323 Å². The molecule has 0 saturated carbocycles. The van der Waals surface area contributed by atoms with Crippen LogP contribution in [0.1, 0.15) is 37.7 Å².